The third-order valence-corrected chi connectivity index (χ3v) is 8.03. The van der Waals surface area contributed by atoms with E-state index in [0.29, 0.717) is 11.8 Å². The summed E-state index contributed by atoms with van der Waals surface area (Å²) in [6.45, 7) is 3.22. The fourth-order valence-electron chi connectivity index (χ4n) is 5.77. The number of amides is 1. The van der Waals surface area contributed by atoms with Crippen molar-refractivity contribution in [1.29, 1.82) is 0 Å². The Balaban J connectivity index is 1.39. The molecule has 2 bridgehead atoms. The van der Waals surface area contributed by atoms with Crippen LogP contribution < -0.4 is 11.1 Å². The smallest absolute Gasteiger partial charge is 0.225 e. The molecule has 0 spiro atoms. The monoisotopic (exact) mass is 337 g/mol. The van der Waals surface area contributed by atoms with Crippen molar-refractivity contribution < 1.29 is 4.79 Å². The zero-order chi connectivity index (χ0) is 15.9. The summed E-state index contributed by atoms with van der Waals surface area (Å²) in [5.74, 6) is 3.99. The van der Waals surface area contributed by atoms with Gasteiger partial charge in [-0.1, -0.05) is 12.8 Å². The van der Waals surface area contributed by atoms with Gasteiger partial charge < -0.3 is 11.1 Å². The largest absolute Gasteiger partial charge is 0.354 e. The van der Waals surface area contributed by atoms with Crippen LogP contribution in [0.1, 0.15) is 44.9 Å². The maximum absolute atomic E-state index is 12.8. The van der Waals surface area contributed by atoms with Gasteiger partial charge in [-0.25, -0.2) is 0 Å². The van der Waals surface area contributed by atoms with Crippen LogP contribution in [0.2, 0.25) is 0 Å². The molecule has 0 aromatic carbocycles. The van der Waals surface area contributed by atoms with Crippen molar-refractivity contribution in [1.82, 2.24) is 10.2 Å². The predicted molar refractivity (Wildman–Crippen MR) is 95.4 cm³/mol. The van der Waals surface area contributed by atoms with Crippen molar-refractivity contribution in [2.75, 3.05) is 31.1 Å². The molecule has 3 N–H and O–H groups in total. The number of nitrogens with one attached hydrogen (secondary N) is 1. The second-order valence-corrected chi connectivity index (χ2v) is 9.41. The Labute approximate surface area is 144 Å². The van der Waals surface area contributed by atoms with E-state index in [4.69, 9.17) is 5.73 Å². The van der Waals surface area contributed by atoms with Gasteiger partial charge in [-0.05, 0) is 43.9 Å². The molecular formula is C18H31N3OS. The highest BCUT2D eigenvalue weighted by molar-refractivity contribution is 7.99. The van der Waals surface area contributed by atoms with Crippen molar-refractivity contribution in [2.45, 2.75) is 56.5 Å². The molecule has 0 radical (unpaired) electrons. The Morgan fingerprint density at radius 2 is 1.87 bits per heavy atom. The molecule has 4 aliphatic rings. The van der Waals surface area contributed by atoms with E-state index in [1.54, 1.807) is 0 Å². The minimum absolute atomic E-state index is 0.0871. The summed E-state index contributed by atoms with van der Waals surface area (Å²) in [4.78, 5) is 15.5. The Hall–Kier alpha value is -0.260. The molecule has 0 aromatic rings. The number of fused-ring (bicyclic) bond motifs is 2. The molecule has 4 nitrogen and oxygen atoms in total. The van der Waals surface area contributed by atoms with Gasteiger partial charge in [0.2, 0.25) is 5.91 Å². The summed E-state index contributed by atoms with van der Waals surface area (Å²) in [5.41, 5.74) is 6.59. The number of thioether (sulfide) groups is 1. The van der Waals surface area contributed by atoms with Crippen molar-refractivity contribution in [3.05, 3.63) is 0 Å². The molecular weight excluding hydrogens is 306 g/mol. The highest BCUT2D eigenvalue weighted by Gasteiger charge is 2.49. The van der Waals surface area contributed by atoms with E-state index < -0.39 is 0 Å². The Kier molecular flexibility index (Phi) is 4.63. The lowest BCUT2D eigenvalue weighted by Gasteiger charge is -2.44. The zero-order valence-electron chi connectivity index (χ0n) is 14.1. The summed E-state index contributed by atoms with van der Waals surface area (Å²) in [6.07, 6.45) is 8.77. The van der Waals surface area contributed by atoms with Crippen molar-refractivity contribution >= 4 is 17.7 Å². The highest BCUT2D eigenvalue weighted by Crippen LogP contribution is 2.47. The predicted octanol–water partition coefficient (Wildman–Crippen LogP) is 1.84. The fourth-order valence-corrected chi connectivity index (χ4v) is 6.67. The lowest BCUT2D eigenvalue weighted by Crippen LogP contribution is -2.58. The number of nitrogens with zero attached hydrogens (tertiary/aromatic N) is 1. The van der Waals surface area contributed by atoms with Gasteiger partial charge in [0, 0.05) is 42.7 Å². The molecule has 1 heterocycles. The van der Waals surface area contributed by atoms with E-state index in [0.717, 1.165) is 6.54 Å². The number of hydrogen-bond acceptors (Lipinski definition) is 4. The lowest BCUT2D eigenvalue weighted by atomic mass is 9.84. The van der Waals surface area contributed by atoms with Crippen molar-refractivity contribution in [3.63, 3.8) is 0 Å². The normalized spacial score (nSPS) is 39.7. The molecule has 4 unspecified atom stereocenters. The van der Waals surface area contributed by atoms with Gasteiger partial charge in [-0.3, -0.25) is 9.69 Å². The Morgan fingerprint density at radius 1 is 1.17 bits per heavy atom. The molecule has 4 fully saturated rings. The average molecular weight is 338 g/mol. The van der Waals surface area contributed by atoms with E-state index in [1.807, 2.05) is 0 Å². The van der Waals surface area contributed by atoms with Gasteiger partial charge in [0.15, 0.2) is 0 Å². The number of rotatable bonds is 4. The number of hydrogen-bond donors (Lipinski definition) is 2. The maximum Gasteiger partial charge on any atom is 0.225 e. The van der Waals surface area contributed by atoms with Gasteiger partial charge in [0.1, 0.15) is 0 Å². The van der Waals surface area contributed by atoms with Crippen LogP contribution in [-0.4, -0.2) is 53.5 Å². The van der Waals surface area contributed by atoms with Crippen LogP contribution in [0.25, 0.3) is 0 Å². The van der Waals surface area contributed by atoms with E-state index >= 15 is 0 Å². The Bertz CT molecular complexity index is 444. The number of carbonyl (C=O) groups excluding carboxylic acids is 1. The standard InChI is InChI=1S/C18H31N3OS/c19-16-14-4-3-13(11-14)15(16)17(22)20-12-18(5-1-2-6-18)21-7-9-23-10-8-21/h13-16H,1-12,19H2,(H,20,22). The fraction of sp³-hybridized carbons (Fsp3) is 0.944. The SMILES string of the molecule is NC1C2CCC(C2)C1C(=O)NCC1(N2CCSCC2)CCCC1. The van der Waals surface area contributed by atoms with Gasteiger partial charge in [0.25, 0.3) is 0 Å². The van der Waals surface area contributed by atoms with Crippen LogP contribution in [0.5, 0.6) is 0 Å². The Morgan fingerprint density at radius 3 is 2.52 bits per heavy atom. The van der Waals surface area contributed by atoms with Crippen LogP contribution in [0.4, 0.5) is 0 Å². The summed E-state index contributed by atoms with van der Waals surface area (Å²) in [6, 6.07) is 0.111. The lowest BCUT2D eigenvalue weighted by molar-refractivity contribution is -0.127. The topological polar surface area (TPSA) is 58.4 Å². The summed E-state index contributed by atoms with van der Waals surface area (Å²) in [7, 11) is 0. The molecule has 3 saturated carbocycles. The second kappa shape index (κ2) is 6.57. The first-order chi connectivity index (χ1) is 11.2. The molecule has 1 amide bonds. The van der Waals surface area contributed by atoms with Crippen LogP contribution in [0.3, 0.4) is 0 Å². The first kappa shape index (κ1) is 16.2. The molecule has 130 valence electrons. The first-order valence-corrected chi connectivity index (χ1v) is 10.7. The van der Waals surface area contributed by atoms with Gasteiger partial charge in [0.05, 0.1) is 5.92 Å². The molecule has 1 aliphatic heterocycles. The van der Waals surface area contributed by atoms with Crippen LogP contribution in [0.15, 0.2) is 0 Å². The van der Waals surface area contributed by atoms with Crippen LogP contribution in [-0.2, 0) is 4.79 Å². The highest BCUT2D eigenvalue weighted by atomic mass is 32.2. The molecule has 1 saturated heterocycles. The molecule has 4 atom stereocenters. The summed E-state index contributed by atoms with van der Waals surface area (Å²) in [5, 5.41) is 3.35. The number of nitrogens with two attached hydrogens (primary N) is 1. The van der Waals surface area contributed by atoms with E-state index in [2.05, 4.69) is 22.0 Å². The van der Waals surface area contributed by atoms with E-state index in [-0.39, 0.29) is 23.4 Å². The first-order valence-electron chi connectivity index (χ1n) is 9.56. The van der Waals surface area contributed by atoms with E-state index in [1.165, 1.54) is 69.5 Å². The summed E-state index contributed by atoms with van der Waals surface area (Å²) < 4.78 is 0. The average Bonchev–Trinajstić information content (AvgIpc) is 3.30. The molecule has 4 rings (SSSR count). The quantitative estimate of drug-likeness (QED) is 0.822. The zero-order valence-corrected chi connectivity index (χ0v) is 15.0. The number of carbonyl (C=O) groups is 1. The van der Waals surface area contributed by atoms with Gasteiger partial charge in [-0.15, -0.1) is 0 Å². The molecule has 23 heavy (non-hydrogen) atoms. The van der Waals surface area contributed by atoms with Crippen molar-refractivity contribution in [3.8, 4) is 0 Å². The molecule has 3 aliphatic carbocycles. The third-order valence-electron chi connectivity index (χ3n) is 7.09. The van der Waals surface area contributed by atoms with Crippen LogP contribution >= 0.6 is 11.8 Å². The molecule has 0 aromatic heterocycles. The van der Waals surface area contributed by atoms with Crippen molar-refractivity contribution in [2.24, 2.45) is 23.5 Å². The summed E-state index contributed by atoms with van der Waals surface area (Å²) >= 11 is 2.06. The third kappa shape index (κ3) is 2.93. The molecule has 5 heteroatoms. The van der Waals surface area contributed by atoms with Crippen LogP contribution in [0, 0.1) is 17.8 Å². The van der Waals surface area contributed by atoms with Gasteiger partial charge >= 0.3 is 0 Å². The second-order valence-electron chi connectivity index (χ2n) is 8.19. The maximum atomic E-state index is 12.8. The minimum atomic E-state index is 0.0871. The minimum Gasteiger partial charge on any atom is -0.354 e. The van der Waals surface area contributed by atoms with Gasteiger partial charge in [-0.2, -0.15) is 11.8 Å². The van der Waals surface area contributed by atoms with E-state index in [9.17, 15) is 4.79 Å².